The number of halogens is 1. The third-order valence-electron chi connectivity index (χ3n) is 2.07. The molecule has 1 aromatic rings. The Bertz CT molecular complexity index is 283. The van der Waals surface area contributed by atoms with Crippen LogP contribution in [0.15, 0.2) is 4.73 Å². The predicted octanol–water partition coefficient (Wildman–Crippen LogP) is 2.33. The molecule has 1 aliphatic heterocycles. The fourth-order valence-corrected chi connectivity index (χ4v) is 2.56. The number of hydrogen-bond acceptors (Lipinski definition) is 4. The minimum absolute atomic E-state index is 0.177. The van der Waals surface area contributed by atoms with Gasteiger partial charge in [0.15, 0.2) is 0 Å². The summed E-state index contributed by atoms with van der Waals surface area (Å²) < 4.78 is 10.4. The number of hydrogen-bond donors (Lipinski definition) is 0. The Labute approximate surface area is 83.5 Å². The number of nitrogens with zero attached hydrogens (tertiary/aromatic N) is 2. The highest BCUT2D eigenvalue weighted by atomic mass is 79.9. The number of rotatable bonds is 1. The van der Waals surface area contributed by atoms with Crippen LogP contribution in [0.5, 0.6) is 0 Å². The van der Waals surface area contributed by atoms with Crippen molar-refractivity contribution in [3.8, 4) is 0 Å². The van der Waals surface area contributed by atoms with Gasteiger partial charge in [-0.15, -0.1) is 0 Å². The van der Waals surface area contributed by atoms with E-state index in [2.05, 4.69) is 32.2 Å². The van der Waals surface area contributed by atoms with Crippen molar-refractivity contribution < 1.29 is 4.74 Å². The van der Waals surface area contributed by atoms with Crippen molar-refractivity contribution in [2.75, 3.05) is 6.61 Å². The normalized spacial score (nSPS) is 29.5. The van der Waals surface area contributed by atoms with E-state index in [4.69, 9.17) is 4.74 Å². The molecule has 0 bridgehead atoms. The minimum atomic E-state index is -0.177. The van der Waals surface area contributed by atoms with E-state index < -0.39 is 0 Å². The Balaban J connectivity index is 2.28. The Kier molecular flexibility index (Phi) is 2.18. The zero-order chi connectivity index (χ0) is 8.60. The Morgan fingerprint density at radius 3 is 3.00 bits per heavy atom. The van der Waals surface area contributed by atoms with Gasteiger partial charge >= 0.3 is 0 Å². The van der Waals surface area contributed by atoms with E-state index in [-0.39, 0.29) is 5.60 Å². The maximum absolute atomic E-state index is 5.63. The van der Waals surface area contributed by atoms with Crippen LogP contribution in [0.2, 0.25) is 0 Å². The molecule has 1 aromatic heterocycles. The molecule has 0 amide bonds. The van der Waals surface area contributed by atoms with Crippen LogP contribution in [0.3, 0.4) is 0 Å². The SMILES string of the molecule is CC1(c2nc(Br)ns2)CCCO1. The topological polar surface area (TPSA) is 35.0 Å². The van der Waals surface area contributed by atoms with Gasteiger partial charge in [-0.05, 0) is 47.2 Å². The molecule has 66 valence electrons. The van der Waals surface area contributed by atoms with Crippen LogP contribution in [0.1, 0.15) is 24.8 Å². The molecule has 5 heteroatoms. The molecule has 1 aliphatic rings. The lowest BCUT2D eigenvalue weighted by Crippen LogP contribution is -2.19. The molecule has 0 saturated carbocycles. The van der Waals surface area contributed by atoms with E-state index in [1.165, 1.54) is 11.5 Å². The van der Waals surface area contributed by atoms with Crippen LogP contribution >= 0.6 is 27.5 Å². The molecule has 1 fully saturated rings. The quantitative estimate of drug-likeness (QED) is 0.766. The zero-order valence-corrected chi connectivity index (χ0v) is 9.11. The Morgan fingerprint density at radius 1 is 1.67 bits per heavy atom. The molecule has 3 nitrogen and oxygen atoms in total. The zero-order valence-electron chi connectivity index (χ0n) is 6.71. The average molecular weight is 249 g/mol. The molecule has 12 heavy (non-hydrogen) atoms. The van der Waals surface area contributed by atoms with Gasteiger partial charge in [-0.1, -0.05) is 0 Å². The molecule has 0 N–H and O–H groups in total. The van der Waals surface area contributed by atoms with E-state index in [9.17, 15) is 0 Å². The highest BCUT2D eigenvalue weighted by Gasteiger charge is 2.35. The lowest BCUT2D eigenvalue weighted by Gasteiger charge is -2.18. The summed E-state index contributed by atoms with van der Waals surface area (Å²) in [4.78, 5) is 4.26. The smallest absolute Gasteiger partial charge is 0.209 e. The summed E-state index contributed by atoms with van der Waals surface area (Å²) in [5.74, 6) is 0. The van der Waals surface area contributed by atoms with Crippen molar-refractivity contribution in [1.29, 1.82) is 0 Å². The van der Waals surface area contributed by atoms with Gasteiger partial charge in [-0.25, -0.2) is 4.98 Å². The molecule has 0 radical (unpaired) electrons. The molecule has 0 aromatic carbocycles. The Morgan fingerprint density at radius 2 is 2.50 bits per heavy atom. The van der Waals surface area contributed by atoms with Gasteiger partial charge in [0.2, 0.25) is 4.73 Å². The summed E-state index contributed by atoms with van der Waals surface area (Å²) in [6.45, 7) is 2.92. The second kappa shape index (κ2) is 3.05. The van der Waals surface area contributed by atoms with Crippen LogP contribution < -0.4 is 0 Å². The fraction of sp³-hybridized carbons (Fsp3) is 0.714. The van der Waals surface area contributed by atoms with Crippen LogP contribution in [0.25, 0.3) is 0 Å². The maximum atomic E-state index is 5.63. The van der Waals surface area contributed by atoms with Crippen molar-refractivity contribution in [2.45, 2.75) is 25.4 Å². The second-order valence-corrected chi connectivity index (χ2v) is 4.51. The van der Waals surface area contributed by atoms with Crippen molar-refractivity contribution in [1.82, 2.24) is 9.36 Å². The molecular weight excluding hydrogens is 240 g/mol. The van der Waals surface area contributed by atoms with Crippen LogP contribution in [-0.4, -0.2) is 16.0 Å². The first-order chi connectivity index (χ1) is 5.71. The van der Waals surface area contributed by atoms with Crippen molar-refractivity contribution in [2.24, 2.45) is 0 Å². The third-order valence-corrected chi connectivity index (χ3v) is 3.62. The van der Waals surface area contributed by atoms with E-state index in [1.807, 2.05) is 0 Å². The predicted molar refractivity (Wildman–Crippen MR) is 50.1 cm³/mol. The van der Waals surface area contributed by atoms with E-state index >= 15 is 0 Å². The highest BCUT2D eigenvalue weighted by Crippen LogP contribution is 2.36. The van der Waals surface area contributed by atoms with E-state index in [0.29, 0.717) is 4.73 Å². The highest BCUT2D eigenvalue weighted by molar-refractivity contribution is 9.10. The molecule has 1 atom stereocenters. The summed E-state index contributed by atoms with van der Waals surface area (Å²) in [7, 11) is 0. The fourth-order valence-electron chi connectivity index (χ4n) is 1.37. The molecule has 1 unspecified atom stereocenters. The average Bonchev–Trinajstić information content (AvgIpc) is 2.59. The van der Waals surface area contributed by atoms with Crippen LogP contribution in [0.4, 0.5) is 0 Å². The Hall–Kier alpha value is -0.0000000000000000486. The molecule has 0 spiro atoms. The van der Waals surface area contributed by atoms with Crippen molar-refractivity contribution in [3.05, 3.63) is 9.74 Å². The largest absolute Gasteiger partial charge is 0.368 e. The number of ether oxygens (including phenoxy) is 1. The summed E-state index contributed by atoms with van der Waals surface area (Å²) in [6.07, 6.45) is 2.17. The maximum Gasteiger partial charge on any atom is 0.209 e. The molecule has 2 rings (SSSR count). The summed E-state index contributed by atoms with van der Waals surface area (Å²) in [5, 5.41) is 0.979. The van der Waals surface area contributed by atoms with Gasteiger partial charge in [-0.2, -0.15) is 4.37 Å². The van der Waals surface area contributed by atoms with Gasteiger partial charge in [0.05, 0.1) is 0 Å². The first kappa shape index (κ1) is 8.59. The monoisotopic (exact) mass is 248 g/mol. The van der Waals surface area contributed by atoms with Crippen molar-refractivity contribution >= 4 is 27.5 Å². The minimum Gasteiger partial charge on any atom is -0.368 e. The molecule has 0 aliphatic carbocycles. The summed E-state index contributed by atoms with van der Waals surface area (Å²) >= 11 is 4.65. The van der Waals surface area contributed by atoms with Gasteiger partial charge in [0.1, 0.15) is 10.6 Å². The van der Waals surface area contributed by atoms with E-state index in [1.54, 1.807) is 0 Å². The first-order valence-electron chi connectivity index (χ1n) is 3.84. The standard InChI is InChI=1S/C7H9BrN2OS/c1-7(3-2-4-11-7)5-9-6(8)10-12-5/h2-4H2,1H3. The van der Waals surface area contributed by atoms with Crippen molar-refractivity contribution in [3.63, 3.8) is 0 Å². The third kappa shape index (κ3) is 1.41. The van der Waals surface area contributed by atoms with Crippen LogP contribution in [-0.2, 0) is 10.3 Å². The lowest BCUT2D eigenvalue weighted by molar-refractivity contribution is 0.0166. The lowest BCUT2D eigenvalue weighted by atomic mass is 10.0. The van der Waals surface area contributed by atoms with E-state index in [0.717, 1.165) is 24.5 Å². The second-order valence-electron chi connectivity index (χ2n) is 3.05. The van der Waals surface area contributed by atoms with Gasteiger partial charge in [-0.3, -0.25) is 0 Å². The number of aromatic nitrogens is 2. The van der Waals surface area contributed by atoms with Gasteiger partial charge in [0, 0.05) is 6.61 Å². The van der Waals surface area contributed by atoms with Crippen LogP contribution in [0, 0.1) is 0 Å². The molecule has 2 heterocycles. The molecule has 1 saturated heterocycles. The summed E-state index contributed by atoms with van der Waals surface area (Å²) in [5.41, 5.74) is -0.177. The summed E-state index contributed by atoms with van der Waals surface area (Å²) in [6, 6.07) is 0. The van der Waals surface area contributed by atoms with Gasteiger partial charge < -0.3 is 4.74 Å². The van der Waals surface area contributed by atoms with Gasteiger partial charge in [0.25, 0.3) is 0 Å². The molecular formula is C7H9BrN2OS. The first-order valence-corrected chi connectivity index (χ1v) is 5.41.